The lowest BCUT2D eigenvalue weighted by molar-refractivity contribution is 0.0747. The van der Waals surface area contributed by atoms with Crippen LogP contribution in [0.15, 0.2) is 53.3 Å². The molecule has 0 atom stereocenters. The van der Waals surface area contributed by atoms with Crippen molar-refractivity contribution >= 4 is 22.7 Å². The first-order valence-electron chi connectivity index (χ1n) is 8.15. The van der Waals surface area contributed by atoms with E-state index in [-0.39, 0.29) is 5.91 Å². The molecule has 24 heavy (non-hydrogen) atoms. The van der Waals surface area contributed by atoms with Crippen LogP contribution >= 0.6 is 0 Å². The minimum absolute atomic E-state index is 0.0530. The van der Waals surface area contributed by atoms with Crippen molar-refractivity contribution in [3.05, 3.63) is 60.0 Å². The van der Waals surface area contributed by atoms with Crippen LogP contribution in [0.4, 0.5) is 5.69 Å². The zero-order valence-electron chi connectivity index (χ0n) is 13.6. The summed E-state index contributed by atoms with van der Waals surface area (Å²) in [5, 5.41) is 0. The first-order chi connectivity index (χ1) is 11.7. The number of hydrogen-bond acceptors (Lipinski definition) is 4. The van der Waals surface area contributed by atoms with Gasteiger partial charge in [-0.15, -0.1) is 0 Å². The molecule has 0 unspecified atom stereocenters. The van der Waals surface area contributed by atoms with Gasteiger partial charge in [-0.1, -0.05) is 12.1 Å². The van der Waals surface area contributed by atoms with E-state index in [4.69, 9.17) is 4.42 Å². The number of oxazole rings is 1. The predicted octanol–water partition coefficient (Wildman–Crippen LogP) is 3.10. The maximum Gasteiger partial charge on any atom is 0.254 e. The molecule has 5 heteroatoms. The van der Waals surface area contributed by atoms with Crippen molar-refractivity contribution < 1.29 is 9.21 Å². The molecule has 0 aliphatic carbocycles. The molecule has 2 heterocycles. The maximum absolute atomic E-state index is 12.7. The third-order valence-electron chi connectivity index (χ3n) is 4.51. The zero-order chi connectivity index (χ0) is 16.5. The Balaban J connectivity index is 1.46. The van der Waals surface area contributed by atoms with Crippen LogP contribution < -0.4 is 4.90 Å². The van der Waals surface area contributed by atoms with E-state index in [0.29, 0.717) is 11.1 Å². The molecular formula is C19H19N3O2. The first kappa shape index (κ1) is 14.8. The van der Waals surface area contributed by atoms with Crippen LogP contribution in [0, 0.1) is 6.92 Å². The number of anilines is 1. The van der Waals surface area contributed by atoms with E-state index < -0.39 is 0 Å². The lowest BCUT2D eigenvalue weighted by atomic mass is 10.1. The quantitative estimate of drug-likeness (QED) is 0.728. The van der Waals surface area contributed by atoms with Gasteiger partial charge >= 0.3 is 0 Å². The summed E-state index contributed by atoms with van der Waals surface area (Å²) < 4.78 is 5.29. The van der Waals surface area contributed by atoms with Crippen LogP contribution in [0.25, 0.3) is 11.1 Å². The second-order valence-electron chi connectivity index (χ2n) is 6.15. The fourth-order valence-corrected chi connectivity index (χ4v) is 3.16. The second-order valence-corrected chi connectivity index (χ2v) is 6.15. The van der Waals surface area contributed by atoms with Gasteiger partial charge in [0.15, 0.2) is 12.0 Å². The van der Waals surface area contributed by atoms with Crippen molar-refractivity contribution in [1.29, 1.82) is 0 Å². The molecule has 0 saturated carbocycles. The molecule has 3 aromatic rings. The number of rotatable bonds is 2. The minimum atomic E-state index is 0.0530. The fourth-order valence-electron chi connectivity index (χ4n) is 3.16. The van der Waals surface area contributed by atoms with E-state index in [2.05, 4.69) is 41.1 Å². The summed E-state index contributed by atoms with van der Waals surface area (Å²) in [7, 11) is 0. The number of carbonyl (C=O) groups is 1. The highest BCUT2D eigenvalue weighted by atomic mass is 16.3. The molecule has 1 saturated heterocycles. The molecule has 0 radical (unpaired) electrons. The summed E-state index contributed by atoms with van der Waals surface area (Å²) in [6.07, 6.45) is 1.40. The van der Waals surface area contributed by atoms with E-state index >= 15 is 0 Å². The molecule has 0 N–H and O–H groups in total. The number of carbonyl (C=O) groups excluding carboxylic acids is 1. The van der Waals surface area contributed by atoms with Crippen LogP contribution in [0.1, 0.15) is 15.9 Å². The van der Waals surface area contributed by atoms with E-state index in [1.54, 1.807) is 6.07 Å². The van der Waals surface area contributed by atoms with Gasteiger partial charge in [-0.3, -0.25) is 4.79 Å². The Morgan fingerprint density at radius 2 is 1.92 bits per heavy atom. The molecule has 1 aliphatic rings. The van der Waals surface area contributed by atoms with Gasteiger partial charge in [-0.25, -0.2) is 4.98 Å². The van der Waals surface area contributed by atoms with Crippen LogP contribution in [0.5, 0.6) is 0 Å². The van der Waals surface area contributed by atoms with Gasteiger partial charge in [0.1, 0.15) is 5.52 Å². The van der Waals surface area contributed by atoms with Gasteiger partial charge in [-0.05, 0) is 42.8 Å². The summed E-state index contributed by atoms with van der Waals surface area (Å²) in [5.41, 5.74) is 4.56. The topological polar surface area (TPSA) is 49.6 Å². The first-order valence-corrected chi connectivity index (χ1v) is 8.15. The third-order valence-corrected chi connectivity index (χ3v) is 4.51. The number of aromatic nitrogens is 1. The molecule has 1 fully saturated rings. The van der Waals surface area contributed by atoms with Crippen molar-refractivity contribution in [3.8, 4) is 0 Å². The Labute approximate surface area is 140 Å². The predicted molar refractivity (Wildman–Crippen MR) is 93.3 cm³/mol. The molecule has 5 nitrogen and oxygen atoms in total. The highest BCUT2D eigenvalue weighted by Gasteiger charge is 2.22. The van der Waals surface area contributed by atoms with Gasteiger partial charge in [0.05, 0.1) is 0 Å². The highest BCUT2D eigenvalue weighted by Crippen LogP contribution is 2.20. The molecule has 122 valence electrons. The summed E-state index contributed by atoms with van der Waals surface area (Å²) in [6.45, 7) is 5.24. The van der Waals surface area contributed by atoms with Crippen molar-refractivity contribution in [2.45, 2.75) is 6.92 Å². The van der Waals surface area contributed by atoms with Gasteiger partial charge in [0, 0.05) is 37.4 Å². The third kappa shape index (κ3) is 2.73. The van der Waals surface area contributed by atoms with Crippen molar-refractivity contribution in [3.63, 3.8) is 0 Å². The van der Waals surface area contributed by atoms with Crippen LogP contribution in [0.3, 0.4) is 0 Å². The van der Waals surface area contributed by atoms with E-state index in [9.17, 15) is 4.79 Å². The summed E-state index contributed by atoms with van der Waals surface area (Å²) in [6, 6.07) is 13.9. The van der Waals surface area contributed by atoms with Crippen molar-refractivity contribution in [2.24, 2.45) is 0 Å². The Bertz CT molecular complexity index is 879. The standard InChI is InChI=1S/C19H19N3O2/c1-14-3-2-4-16(11-14)21-7-9-22(10-8-21)19(23)15-5-6-17-18(12-15)24-13-20-17/h2-6,11-13H,7-10H2,1H3. The average Bonchev–Trinajstić information content (AvgIpc) is 3.09. The SMILES string of the molecule is Cc1cccc(N2CCN(C(=O)c3ccc4ncoc4c3)CC2)c1. The number of piperazine rings is 1. The van der Waals surface area contributed by atoms with E-state index in [1.807, 2.05) is 17.0 Å². The van der Waals surface area contributed by atoms with E-state index in [0.717, 1.165) is 31.7 Å². The molecule has 1 aromatic heterocycles. The monoisotopic (exact) mass is 321 g/mol. The molecular weight excluding hydrogens is 302 g/mol. The summed E-state index contributed by atoms with van der Waals surface area (Å²) in [5.74, 6) is 0.0530. The average molecular weight is 321 g/mol. The van der Waals surface area contributed by atoms with Crippen LogP contribution in [0.2, 0.25) is 0 Å². The highest BCUT2D eigenvalue weighted by molar-refractivity contribution is 5.97. The molecule has 1 amide bonds. The van der Waals surface area contributed by atoms with Gasteiger partial charge in [0.25, 0.3) is 5.91 Å². The van der Waals surface area contributed by atoms with Crippen LogP contribution in [-0.4, -0.2) is 42.0 Å². The lowest BCUT2D eigenvalue weighted by Crippen LogP contribution is -2.48. The zero-order valence-corrected chi connectivity index (χ0v) is 13.6. The maximum atomic E-state index is 12.7. The van der Waals surface area contributed by atoms with Gasteiger partial charge in [0.2, 0.25) is 0 Å². The number of nitrogens with zero attached hydrogens (tertiary/aromatic N) is 3. The lowest BCUT2D eigenvalue weighted by Gasteiger charge is -2.36. The molecule has 4 rings (SSSR count). The Morgan fingerprint density at radius 1 is 1.08 bits per heavy atom. The Kier molecular flexibility index (Phi) is 3.69. The number of benzene rings is 2. The van der Waals surface area contributed by atoms with Gasteiger partial charge in [-0.2, -0.15) is 0 Å². The van der Waals surface area contributed by atoms with Crippen molar-refractivity contribution in [2.75, 3.05) is 31.1 Å². The number of fused-ring (bicyclic) bond motifs is 1. The smallest absolute Gasteiger partial charge is 0.254 e. The van der Waals surface area contributed by atoms with Crippen molar-refractivity contribution in [1.82, 2.24) is 9.88 Å². The molecule has 2 aromatic carbocycles. The normalized spacial score (nSPS) is 15.0. The Morgan fingerprint density at radius 3 is 2.71 bits per heavy atom. The number of aryl methyl sites for hydroxylation is 1. The van der Waals surface area contributed by atoms with Gasteiger partial charge < -0.3 is 14.2 Å². The summed E-state index contributed by atoms with van der Waals surface area (Å²) in [4.78, 5) is 21.0. The largest absolute Gasteiger partial charge is 0.443 e. The minimum Gasteiger partial charge on any atom is -0.443 e. The molecule has 0 bridgehead atoms. The summed E-state index contributed by atoms with van der Waals surface area (Å²) >= 11 is 0. The second kappa shape index (κ2) is 6.00. The van der Waals surface area contributed by atoms with E-state index in [1.165, 1.54) is 17.6 Å². The fraction of sp³-hybridized carbons (Fsp3) is 0.263. The number of hydrogen-bond donors (Lipinski definition) is 0. The Hall–Kier alpha value is -2.82. The van der Waals surface area contributed by atoms with Crippen LogP contribution in [-0.2, 0) is 0 Å². The molecule has 1 aliphatic heterocycles. The number of amides is 1. The molecule has 0 spiro atoms.